The van der Waals surface area contributed by atoms with Gasteiger partial charge in [0.2, 0.25) is 0 Å². The monoisotopic (exact) mass is 335 g/mol. The second kappa shape index (κ2) is 7.53. The number of nitrogens with zero attached hydrogens (tertiary/aromatic N) is 2. The normalized spacial score (nSPS) is 11.1. The van der Waals surface area contributed by atoms with Gasteiger partial charge in [0.25, 0.3) is 5.91 Å². The molecule has 0 unspecified atom stereocenters. The molecule has 24 heavy (non-hydrogen) atoms. The molecule has 0 bridgehead atoms. The molecule has 3 aromatic rings. The van der Waals surface area contributed by atoms with Crippen molar-refractivity contribution >= 4 is 23.2 Å². The van der Waals surface area contributed by atoms with Gasteiger partial charge in [0.05, 0.1) is 16.3 Å². The highest BCUT2D eigenvalue weighted by Gasteiger charge is 2.11. The summed E-state index contributed by atoms with van der Waals surface area (Å²) in [5, 5.41) is 4.70. The van der Waals surface area contributed by atoms with Gasteiger partial charge in [-0.1, -0.05) is 54.1 Å². The Bertz CT molecular complexity index is 823. The van der Waals surface area contributed by atoms with Gasteiger partial charge in [-0.05, 0) is 24.3 Å². The molecule has 0 radical (unpaired) electrons. The fraction of sp³-hybridized carbons (Fsp3) is 0. The summed E-state index contributed by atoms with van der Waals surface area (Å²) in [7, 11) is 0. The van der Waals surface area contributed by atoms with Crippen LogP contribution in [-0.2, 0) is 0 Å². The van der Waals surface area contributed by atoms with Crippen molar-refractivity contribution in [2.24, 2.45) is 5.10 Å². The van der Waals surface area contributed by atoms with E-state index in [2.05, 4.69) is 15.5 Å². The van der Waals surface area contributed by atoms with E-state index in [-0.39, 0.29) is 5.91 Å². The number of hydrogen-bond donors (Lipinski definition) is 1. The molecule has 0 saturated carbocycles. The molecule has 0 aliphatic carbocycles. The standard InChI is InChI=1S/C19H14ClN3O/c20-17-9-5-4-8-16(17)19(24)23-22-18(14-6-2-1-3-7-14)15-10-12-21-13-11-15/h1-13H,(H,23,24)/b22-18+. The molecule has 0 fully saturated rings. The van der Waals surface area contributed by atoms with Gasteiger partial charge >= 0.3 is 0 Å². The molecular formula is C19H14ClN3O. The van der Waals surface area contributed by atoms with Gasteiger partial charge in [-0.25, -0.2) is 5.43 Å². The highest BCUT2D eigenvalue weighted by atomic mass is 35.5. The fourth-order valence-corrected chi connectivity index (χ4v) is 2.44. The second-order valence-corrected chi connectivity index (χ2v) is 5.39. The zero-order valence-corrected chi connectivity index (χ0v) is 13.4. The van der Waals surface area contributed by atoms with Crippen molar-refractivity contribution in [1.29, 1.82) is 0 Å². The van der Waals surface area contributed by atoms with Gasteiger partial charge in [0.1, 0.15) is 0 Å². The van der Waals surface area contributed by atoms with Crippen LogP contribution in [0.4, 0.5) is 0 Å². The minimum atomic E-state index is -0.358. The van der Waals surface area contributed by atoms with Gasteiger partial charge in [0.15, 0.2) is 0 Å². The maximum Gasteiger partial charge on any atom is 0.272 e. The molecule has 1 N–H and O–H groups in total. The molecule has 0 saturated heterocycles. The first kappa shape index (κ1) is 15.9. The third-order valence-electron chi connectivity index (χ3n) is 3.39. The third kappa shape index (κ3) is 3.67. The van der Waals surface area contributed by atoms with Crippen LogP contribution in [0.15, 0.2) is 84.2 Å². The Kier molecular flexibility index (Phi) is 4.99. The minimum Gasteiger partial charge on any atom is -0.267 e. The lowest BCUT2D eigenvalue weighted by Crippen LogP contribution is -2.21. The Labute approximate surface area is 144 Å². The molecule has 0 spiro atoms. The zero-order chi connectivity index (χ0) is 16.8. The summed E-state index contributed by atoms with van der Waals surface area (Å²) in [5.41, 5.74) is 5.36. The summed E-state index contributed by atoms with van der Waals surface area (Å²) < 4.78 is 0. The van der Waals surface area contributed by atoms with Crippen molar-refractivity contribution in [3.8, 4) is 0 Å². The summed E-state index contributed by atoms with van der Waals surface area (Å²) in [5.74, 6) is -0.358. The molecule has 3 rings (SSSR count). The van der Waals surface area contributed by atoms with Crippen LogP contribution in [0.1, 0.15) is 21.5 Å². The molecule has 1 amide bonds. The molecule has 0 atom stereocenters. The fourth-order valence-electron chi connectivity index (χ4n) is 2.21. The van der Waals surface area contributed by atoms with Gasteiger partial charge in [-0.3, -0.25) is 9.78 Å². The topological polar surface area (TPSA) is 54.4 Å². The van der Waals surface area contributed by atoms with Gasteiger partial charge in [0, 0.05) is 23.5 Å². The lowest BCUT2D eigenvalue weighted by molar-refractivity contribution is 0.0955. The average molecular weight is 336 g/mol. The van der Waals surface area contributed by atoms with Gasteiger partial charge in [-0.2, -0.15) is 5.10 Å². The summed E-state index contributed by atoms with van der Waals surface area (Å²) in [6.07, 6.45) is 3.37. The summed E-state index contributed by atoms with van der Waals surface area (Å²) >= 11 is 6.05. The van der Waals surface area contributed by atoms with E-state index >= 15 is 0 Å². The smallest absolute Gasteiger partial charge is 0.267 e. The molecule has 118 valence electrons. The van der Waals surface area contributed by atoms with E-state index in [1.165, 1.54) is 0 Å². The Balaban J connectivity index is 1.93. The first-order valence-corrected chi connectivity index (χ1v) is 7.72. The van der Waals surface area contributed by atoms with Crippen LogP contribution in [0.25, 0.3) is 0 Å². The number of hydrazone groups is 1. The molecule has 1 aromatic heterocycles. The van der Waals surface area contributed by atoms with Crippen molar-refractivity contribution in [3.63, 3.8) is 0 Å². The summed E-state index contributed by atoms with van der Waals surface area (Å²) in [6.45, 7) is 0. The highest BCUT2D eigenvalue weighted by Crippen LogP contribution is 2.15. The predicted octanol–water partition coefficient (Wildman–Crippen LogP) is 3.92. The Morgan fingerprint density at radius 2 is 1.50 bits per heavy atom. The van der Waals surface area contributed by atoms with E-state index in [0.29, 0.717) is 16.3 Å². The number of carbonyl (C=O) groups excluding carboxylic acids is 1. The molecule has 0 aliphatic heterocycles. The number of nitrogens with one attached hydrogen (secondary N) is 1. The second-order valence-electron chi connectivity index (χ2n) is 4.98. The Morgan fingerprint density at radius 1 is 0.875 bits per heavy atom. The average Bonchev–Trinajstić information content (AvgIpc) is 2.64. The first-order valence-electron chi connectivity index (χ1n) is 7.34. The zero-order valence-electron chi connectivity index (χ0n) is 12.7. The molecule has 2 aromatic carbocycles. The SMILES string of the molecule is O=C(N/N=C(\c1ccccc1)c1ccncc1)c1ccccc1Cl. The molecular weight excluding hydrogens is 322 g/mol. The van der Waals surface area contributed by atoms with E-state index in [4.69, 9.17) is 11.6 Å². The number of halogens is 1. The predicted molar refractivity (Wildman–Crippen MR) is 95.2 cm³/mol. The molecule has 1 heterocycles. The highest BCUT2D eigenvalue weighted by molar-refractivity contribution is 6.33. The molecule has 0 aliphatic rings. The van der Waals surface area contributed by atoms with Crippen molar-refractivity contribution in [3.05, 3.63) is 101 Å². The maximum absolute atomic E-state index is 12.3. The largest absolute Gasteiger partial charge is 0.272 e. The molecule has 4 nitrogen and oxygen atoms in total. The van der Waals surface area contributed by atoms with Crippen LogP contribution < -0.4 is 5.43 Å². The van der Waals surface area contributed by atoms with Crippen molar-refractivity contribution in [1.82, 2.24) is 10.4 Å². The Hall–Kier alpha value is -2.98. The number of amides is 1. The number of aromatic nitrogens is 1. The lowest BCUT2D eigenvalue weighted by Gasteiger charge is -2.08. The van der Waals surface area contributed by atoms with Crippen LogP contribution in [0, 0.1) is 0 Å². The van der Waals surface area contributed by atoms with E-state index in [0.717, 1.165) is 11.1 Å². The van der Waals surface area contributed by atoms with E-state index < -0.39 is 0 Å². The Morgan fingerprint density at radius 3 is 2.21 bits per heavy atom. The third-order valence-corrected chi connectivity index (χ3v) is 3.72. The van der Waals surface area contributed by atoms with Crippen molar-refractivity contribution in [2.45, 2.75) is 0 Å². The number of carbonyl (C=O) groups is 1. The van der Waals surface area contributed by atoms with Crippen molar-refractivity contribution in [2.75, 3.05) is 0 Å². The summed E-state index contributed by atoms with van der Waals surface area (Å²) in [6, 6.07) is 20.2. The number of pyridine rings is 1. The van der Waals surface area contributed by atoms with Crippen LogP contribution in [0.5, 0.6) is 0 Å². The van der Waals surface area contributed by atoms with Gasteiger partial charge in [-0.15, -0.1) is 0 Å². The van der Waals surface area contributed by atoms with Crippen molar-refractivity contribution < 1.29 is 4.79 Å². The summed E-state index contributed by atoms with van der Waals surface area (Å²) in [4.78, 5) is 16.3. The van der Waals surface area contributed by atoms with Crippen LogP contribution >= 0.6 is 11.6 Å². The van der Waals surface area contributed by atoms with Crippen LogP contribution in [0.2, 0.25) is 5.02 Å². The lowest BCUT2D eigenvalue weighted by atomic mass is 10.0. The minimum absolute atomic E-state index is 0.358. The van der Waals surface area contributed by atoms with Crippen LogP contribution in [-0.4, -0.2) is 16.6 Å². The maximum atomic E-state index is 12.3. The number of hydrogen-bond acceptors (Lipinski definition) is 3. The van der Waals surface area contributed by atoms with Crippen LogP contribution in [0.3, 0.4) is 0 Å². The van der Waals surface area contributed by atoms with Gasteiger partial charge < -0.3 is 0 Å². The number of benzene rings is 2. The quantitative estimate of drug-likeness (QED) is 0.580. The van der Waals surface area contributed by atoms with E-state index in [1.54, 1.807) is 36.7 Å². The molecule has 5 heteroatoms. The number of rotatable bonds is 4. The van der Waals surface area contributed by atoms with E-state index in [1.807, 2.05) is 42.5 Å². The first-order chi connectivity index (χ1) is 11.8. The van der Waals surface area contributed by atoms with E-state index in [9.17, 15) is 4.79 Å².